The van der Waals surface area contributed by atoms with Crippen LogP contribution in [0.5, 0.6) is 17.4 Å². The number of ether oxygens (including phenoxy) is 4. The number of aromatic nitrogens is 1. The van der Waals surface area contributed by atoms with Crippen molar-refractivity contribution in [3.8, 4) is 17.4 Å². The number of rotatable bonds is 8. The van der Waals surface area contributed by atoms with Crippen LogP contribution < -0.4 is 19.5 Å². The number of fused-ring (bicyclic) bond motifs is 2. The number of pyridine rings is 1. The molecule has 0 atom stereocenters. The van der Waals surface area contributed by atoms with Crippen molar-refractivity contribution in [3.63, 3.8) is 0 Å². The molecule has 2 aromatic carbocycles. The highest BCUT2D eigenvalue weighted by molar-refractivity contribution is 5.84. The van der Waals surface area contributed by atoms with E-state index in [0.717, 1.165) is 22.0 Å². The van der Waals surface area contributed by atoms with E-state index in [4.69, 9.17) is 18.9 Å². The van der Waals surface area contributed by atoms with Crippen molar-refractivity contribution >= 4 is 10.9 Å². The first-order chi connectivity index (χ1) is 13.7. The van der Waals surface area contributed by atoms with Gasteiger partial charge in [0, 0.05) is 37.2 Å². The lowest BCUT2D eigenvalue weighted by Crippen LogP contribution is -2.19. The second-order valence-corrected chi connectivity index (χ2v) is 6.44. The average Bonchev–Trinajstić information content (AvgIpc) is 3.15. The molecule has 0 bridgehead atoms. The Bertz CT molecular complexity index is 980. The molecule has 0 fully saturated rings. The number of nitrogens with one attached hydrogen (secondary N) is 1. The van der Waals surface area contributed by atoms with E-state index in [9.17, 15) is 4.39 Å². The topological polar surface area (TPSA) is 61.8 Å². The molecule has 0 aliphatic carbocycles. The maximum Gasteiger partial charge on any atom is 0.231 e. The van der Waals surface area contributed by atoms with Crippen LogP contribution in [-0.4, -0.2) is 32.0 Å². The maximum absolute atomic E-state index is 13.4. The van der Waals surface area contributed by atoms with E-state index in [1.54, 1.807) is 13.2 Å². The predicted octanol–water partition coefficient (Wildman–Crippen LogP) is 3.42. The number of hydrogen-bond acceptors (Lipinski definition) is 6. The highest BCUT2D eigenvalue weighted by Gasteiger charge is 2.17. The standard InChI is InChI=1S/C21H21FN2O4/c1-25-6-5-23-11-16-8-15-9-19-20(28-13-27-19)10-18(15)24-21(16)26-12-14-3-2-4-17(22)7-14/h2-4,7-10,23H,5-6,11-13H2,1H3. The van der Waals surface area contributed by atoms with Gasteiger partial charge in [0.25, 0.3) is 0 Å². The highest BCUT2D eigenvalue weighted by Crippen LogP contribution is 2.37. The third-order valence-corrected chi connectivity index (χ3v) is 4.41. The van der Waals surface area contributed by atoms with E-state index in [0.29, 0.717) is 37.1 Å². The van der Waals surface area contributed by atoms with Gasteiger partial charge < -0.3 is 24.3 Å². The molecule has 2 heterocycles. The Kier molecular flexibility index (Phi) is 5.55. The van der Waals surface area contributed by atoms with Crippen molar-refractivity contribution in [1.29, 1.82) is 0 Å². The number of benzene rings is 2. The van der Waals surface area contributed by atoms with Crippen LogP contribution in [-0.2, 0) is 17.9 Å². The Balaban J connectivity index is 1.61. The van der Waals surface area contributed by atoms with Crippen molar-refractivity contribution in [2.75, 3.05) is 27.1 Å². The van der Waals surface area contributed by atoms with Crippen LogP contribution in [0.3, 0.4) is 0 Å². The van der Waals surface area contributed by atoms with Crippen LogP contribution >= 0.6 is 0 Å². The van der Waals surface area contributed by atoms with E-state index in [-0.39, 0.29) is 19.2 Å². The van der Waals surface area contributed by atoms with Crippen molar-refractivity contribution in [2.45, 2.75) is 13.2 Å². The summed E-state index contributed by atoms with van der Waals surface area (Å²) in [4.78, 5) is 4.67. The van der Waals surface area contributed by atoms with Crippen LogP contribution in [0.25, 0.3) is 10.9 Å². The van der Waals surface area contributed by atoms with Gasteiger partial charge in [-0.1, -0.05) is 12.1 Å². The summed E-state index contributed by atoms with van der Waals surface area (Å²) in [5.74, 6) is 1.59. The lowest BCUT2D eigenvalue weighted by molar-refractivity contribution is 0.174. The summed E-state index contributed by atoms with van der Waals surface area (Å²) in [7, 11) is 1.66. The monoisotopic (exact) mass is 384 g/mol. The highest BCUT2D eigenvalue weighted by atomic mass is 19.1. The van der Waals surface area contributed by atoms with Crippen molar-refractivity contribution in [1.82, 2.24) is 10.3 Å². The van der Waals surface area contributed by atoms with Crippen LogP contribution in [0.4, 0.5) is 4.39 Å². The fourth-order valence-electron chi connectivity index (χ4n) is 3.02. The molecule has 1 aliphatic heterocycles. The largest absolute Gasteiger partial charge is 0.473 e. The normalized spacial score (nSPS) is 12.5. The van der Waals surface area contributed by atoms with E-state index in [1.807, 2.05) is 24.3 Å². The van der Waals surface area contributed by atoms with Gasteiger partial charge in [-0.3, -0.25) is 0 Å². The van der Waals surface area contributed by atoms with E-state index in [2.05, 4.69) is 10.3 Å². The summed E-state index contributed by atoms with van der Waals surface area (Å²) in [5.41, 5.74) is 2.39. The molecule has 0 radical (unpaired) electrons. The van der Waals surface area contributed by atoms with Gasteiger partial charge in [-0.25, -0.2) is 9.37 Å². The minimum atomic E-state index is -0.290. The van der Waals surface area contributed by atoms with E-state index in [1.165, 1.54) is 12.1 Å². The Morgan fingerprint density at radius 2 is 2.00 bits per heavy atom. The lowest BCUT2D eigenvalue weighted by atomic mass is 10.1. The average molecular weight is 384 g/mol. The summed E-state index contributed by atoms with van der Waals surface area (Å²) >= 11 is 0. The van der Waals surface area contributed by atoms with E-state index < -0.39 is 0 Å². The van der Waals surface area contributed by atoms with Crippen LogP contribution in [0, 0.1) is 5.82 Å². The summed E-state index contributed by atoms with van der Waals surface area (Å²) in [6.07, 6.45) is 0. The molecule has 146 valence electrons. The smallest absolute Gasteiger partial charge is 0.231 e. The summed E-state index contributed by atoms with van der Waals surface area (Å²) in [5, 5.41) is 4.24. The molecule has 1 aromatic heterocycles. The minimum absolute atomic E-state index is 0.208. The van der Waals surface area contributed by atoms with Gasteiger partial charge in [-0.2, -0.15) is 0 Å². The quantitative estimate of drug-likeness (QED) is 0.601. The third-order valence-electron chi connectivity index (χ3n) is 4.41. The molecule has 1 aliphatic rings. The van der Waals surface area contributed by atoms with Crippen molar-refractivity contribution in [3.05, 3.63) is 59.4 Å². The molecular weight excluding hydrogens is 363 g/mol. The molecule has 0 saturated carbocycles. The van der Waals surface area contributed by atoms with Crippen LogP contribution in [0.15, 0.2) is 42.5 Å². The number of methoxy groups -OCH3 is 1. The second kappa shape index (κ2) is 8.41. The molecule has 7 heteroatoms. The van der Waals surface area contributed by atoms with Crippen molar-refractivity contribution < 1.29 is 23.3 Å². The Labute approximate surface area is 162 Å². The van der Waals surface area contributed by atoms with Gasteiger partial charge in [-0.15, -0.1) is 0 Å². The van der Waals surface area contributed by atoms with Gasteiger partial charge in [-0.05, 0) is 29.8 Å². The van der Waals surface area contributed by atoms with Crippen molar-refractivity contribution in [2.24, 2.45) is 0 Å². The van der Waals surface area contributed by atoms with Gasteiger partial charge in [0.1, 0.15) is 12.4 Å². The number of hydrogen-bond donors (Lipinski definition) is 1. The predicted molar refractivity (Wildman–Crippen MR) is 102 cm³/mol. The van der Waals surface area contributed by atoms with Gasteiger partial charge in [0.15, 0.2) is 11.5 Å². The Morgan fingerprint density at radius 1 is 1.14 bits per heavy atom. The Hall–Kier alpha value is -2.90. The molecule has 1 N–H and O–H groups in total. The first-order valence-electron chi connectivity index (χ1n) is 9.03. The summed E-state index contributed by atoms with van der Waals surface area (Å²) in [6, 6.07) is 12.1. The molecule has 0 saturated heterocycles. The van der Waals surface area contributed by atoms with Gasteiger partial charge in [0.2, 0.25) is 12.7 Å². The molecule has 0 spiro atoms. The molecular formula is C21H21FN2O4. The van der Waals surface area contributed by atoms with Crippen LogP contribution in [0.1, 0.15) is 11.1 Å². The second-order valence-electron chi connectivity index (χ2n) is 6.44. The molecule has 0 unspecified atom stereocenters. The maximum atomic E-state index is 13.4. The minimum Gasteiger partial charge on any atom is -0.473 e. The first-order valence-corrected chi connectivity index (χ1v) is 9.03. The zero-order valence-corrected chi connectivity index (χ0v) is 15.5. The number of halogens is 1. The van der Waals surface area contributed by atoms with Gasteiger partial charge >= 0.3 is 0 Å². The fourth-order valence-corrected chi connectivity index (χ4v) is 3.02. The van der Waals surface area contributed by atoms with Gasteiger partial charge in [0.05, 0.1) is 12.1 Å². The summed E-state index contributed by atoms with van der Waals surface area (Å²) in [6.45, 7) is 2.32. The fraction of sp³-hybridized carbons (Fsp3) is 0.286. The number of nitrogens with zero attached hydrogens (tertiary/aromatic N) is 1. The first kappa shape index (κ1) is 18.5. The SMILES string of the molecule is COCCNCc1cc2cc3c(cc2nc1OCc1cccc(F)c1)OCO3. The molecule has 3 aromatic rings. The zero-order chi connectivity index (χ0) is 19.3. The summed E-state index contributed by atoms with van der Waals surface area (Å²) < 4.78 is 35.3. The lowest BCUT2D eigenvalue weighted by Gasteiger charge is -2.13. The molecule has 0 amide bonds. The van der Waals surface area contributed by atoms with Crippen LogP contribution in [0.2, 0.25) is 0 Å². The third kappa shape index (κ3) is 4.16. The van der Waals surface area contributed by atoms with E-state index >= 15 is 0 Å². The molecule has 6 nitrogen and oxygen atoms in total. The Morgan fingerprint density at radius 3 is 2.82 bits per heavy atom. The molecule has 4 rings (SSSR count). The molecule has 28 heavy (non-hydrogen) atoms. The zero-order valence-electron chi connectivity index (χ0n) is 15.5.